The van der Waals surface area contributed by atoms with Gasteiger partial charge in [-0.25, -0.2) is 9.37 Å². The third kappa shape index (κ3) is 3.26. The Balaban J connectivity index is 1.67. The molecule has 0 radical (unpaired) electrons. The molecule has 3 aromatic heterocycles. The molecule has 0 spiro atoms. The van der Waals surface area contributed by atoms with Gasteiger partial charge in [0.05, 0.1) is 6.20 Å². The fourth-order valence-corrected chi connectivity index (χ4v) is 3.34. The Kier molecular flexibility index (Phi) is 4.86. The maximum absolute atomic E-state index is 13.7. The first-order valence-electron chi connectivity index (χ1n) is 8.85. The van der Waals surface area contributed by atoms with Crippen LogP contribution in [0.3, 0.4) is 0 Å². The molecule has 0 fully saturated rings. The highest BCUT2D eigenvalue weighted by Gasteiger charge is 2.25. The highest BCUT2D eigenvalue weighted by atomic mass is 19.1. The maximum Gasteiger partial charge on any atom is 0.252 e. The summed E-state index contributed by atoms with van der Waals surface area (Å²) < 4.78 is 24.0. The normalized spacial score (nSPS) is 13.5. The van der Waals surface area contributed by atoms with Gasteiger partial charge in [-0.3, -0.25) is 4.98 Å². The average Bonchev–Trinajstić information content (AvgIpc) is 3.16. The van der Waals surface area contributed by atoms with Gasteiger partial charge in [0, 0.05) is 44.7 Å². The van der Waals surface area contributed by atoms with Gasteiger partial charge in [0.15, 0.2) is 11.6 Å². The van der Waals surface area contributed by atoms with Crippen LogP contribution in [-0.4, -0.2) is 45.8 Å². The van der Waals surface area contributed by atoms with Crippen LogP contribution in [0.4, 0.5) is 16.2 Å². The van der Waals surface area contributed by atoms with E-state index in [1.807, 2.05) is 18.0 Å². The Morgan fingerprint density at radius 3 is 2.93 bits per heavy atom. The van der Waals surface area contributed by atoms with Gasteiger partial charge in [-0.1, -0.05) is 5.16 Å². The molecular weight excluding hydrogens is 365 g/mol. The molecule has 1 N–H and O–H groups in total. The first-order valence-corrected chi connectivity index (χ1v) is 8.85. The molecule has 10 heteroatoms. The van der Waals surface area contributed by atoms with Crippen molar-refractivity contribution in [3.63, 3.8) is 0 Å². The van der Waals surface area contributed by atoms with Crippen molar-refractivity contribution in [2.45, 2.75) is 26.5 Å². The number of pyridine rings is 1. The monoisotopic (exact) mass is 385 g/mol. The van der Waals surface area contributed by atoms with E-state index in [2.05, 4.69) is 30.4 Å². The van der Waals surface area contributed by atoms with Gasteiger partial charge in [0.2, 0.25) is 11.8 Å². The van der Waals surface area contributed by atoms with E-state index in [4.69, 9.17) is 9.26 Å². The van der Waals surface area contributed by atoms with E-state index in [1.54, 1.807) is 14.2 Å². The van der Waals surface area contributed by atoms with Crippen LogP contribution < -0.4 is 10.2 Å². The van der Waals surface area contributed by atoms with E-state index in [0.717, 1.165) is 28.8 Å². The lowest BCUT2D eigenvalue weighted by atomic mass is 9.95. The van der Waals surface area contributed by atoms with Crippen LogP contribution in [0, 0.1) is 12.7 Å². The minimum atomic E-state index is -0.479. The molecule has 3 aromatic rings. The number of fused-ring (bicyclic) bond motifs is 1. The topological polar surface area (TPSA) is 102 Å². The summed E-state index contributed by atoms with van der Waals surface area (Å²) in [7, 11) is 3.20. The number of anilines is 2. The van der Waals surface area contributed by atoms with E-state index in [1.165, 1.54) is 6.20 Å². The fraction of sp³-hybridized carbons (Fsp3) is 0.389. The first kappa shape index (κ1) is 18.2. The van der Waals surface area contributed by atoms with Crippen LogP contribution in [0.1, 0.15) is 22.7 Å². The number of halogens is 1. The van der Waals surface area contributed by atoms with Crippen LogP contribution in [0.5, 0.6) is 0 Å². The number of ether oxygens (including phenoxy) is 1. The summed E-state index contributed by atoms with van der Waals surface area (Å²) in [5.74, 6) is 1.10. The van der Waals surface area contributed by atoms with Crippen LogP contribution in [0.25, 0.3) is 11.4 Å². The second kappa shape index (κ2) is 7.47. The third-order valence-electron chi connectivity index (χ3n) is 4.67. The third-order valence-corrected chi connectivity index (χ3v) is 4.67. The quantitative estimate of drug-likeness (QED) is 0.707. The van der Waals surface area contributed by atoms with Gasteiger partial charge >= 0.3 is 0 Å². The average molecular weight is 385 g/mol. The number of methoxy groups -OCH3 is 1. The molecule has 0 aliphatic carbocycles. The number of aromatic nitrogens is 5. The van der Waals surface area contributed by atoms with E-state index < -0.39 is 5.82 Å². The van der Waals surface area contributed by atoms with E-state index >= 15 is 0 Å². The Morgan fingerprint density at radius 1 is 1.29 bits per heavy atom. The molecule has 0 amide bonds. The summed E-state index contributed by atoms with van der Waals surface area (Å²) in [5.41, 5.74) is 3.89. The minimum Gasteiger partial charge on any atom is -0.375 e. The van der Waals surface area contributed by atoms with Crippen molar-refractivity contribution in [1.82, 2.24) is 25.1 Å². The van der Waals surface area contributed by atoms with Gasteiger partial charge < -0.3 is 19.5 Å². The number of nitrogens with zero attached hydrogens (tertiary/aromatic N) is 6. The van der Waals surface area contributed by atoms with Gasteiger partial charge in [0.25, 0.3) is 5.89 Å². The Bertz CT molecular complexity index is 1010. The summed E-state index contributed by atoms with van der Waals surface area (Å²) in [6.45, 7) is 3.43. The molecule has 0 unspecified atom stereocenters. The van der Waals surface area contributed by atoms with Crippen molar-refractivity contribution in [2.24, 2.45) is 0 Å². The predicted octanol–water partition coefficient (Wildman–Crippen LogP) is 2.12. The number of aryl methyl sites for hydroxylation is 1. The van der Waals surface area contributed by atoms with Crippen molar-refractivity contribution in [2.75, 3.05) is 30.9 Å². The van der Waals surface area contributed by atoms with Crippen molar-refractivity contribution in [1.29, 1.82) is 0 Å². The van der Waals surface area contributed by atoms with Crippen LogP contribution >= 0.6 is 0 Å². The molecule has 146 valence electrons. The summed E-state index contributed by atoms with van der Waals surface area (Å²) in [6.07, 6.45) is 3.76. The second-order valence-corrected chi connectivity index (χ2v) is 6.46. The van der Waals surface area contributed by atoms with Crippen molar-refractivity contribution < 1.29 is 13.7 Å². The SMILES string of the molecule is CNc1nc(N2CCc3c(cnc(C)c3-c3noc(COC)n3)C2)ncc1F. The van der Waals surface area contributed by atoms with E-state index in [-0.39, 0.29) is 12.4 Å². The molecule has 0 atom stereocenters. The van der Waals surface area contributed by atoms with Gasteiger partial charge in [-0.15, -0.1) is 0 Å². The molecule has 4 rings (SSSR count). The standard InChI is InChI=1S/C18H20FN7O2/c1-10-15(17-23-14(9-27-3)28-25-17)12-4-5-26(8-11(12)6-21-10)18-22-7-13(19)16(20-2)24-18/h6-7H,4-5,8-9H2,1-3H3,(H,20,22,24). The second-order valence-electron chi connectivity index (χ2n) is 6.46. The number of rotatable bonds is 5. The van der Waals surface area contributed by atoms with Crippen LogP contribution in [0.2, 0.25) is 0 Å². The Hall–Kier alpha value is -3.14. The molecule has 0 bridgehead atoms. The summed E-state index contributed by atoms with van der Waals surface area (Å²) in [5, 5.41) is 6.83. The van der Waals surface area contributed by atoms with Gasteiger partial charge in [-0.2, -0.15) is 9.97 Å². The van der Waals surface area contributed by atoms with E-state index in [9.17, 15) is 4.39 Å². The number of hydrogen-bond acceptors (Lipinski definition) is 9. The maximum atomic E-state index is 13.7. The van der Waals surface area contributed by atoms with Gasteiger partial charge in [-0.05, 0) is 24.5 Å². The fourth-order valence-electron chi connectivity index (χ4n) is 3.34. The Morgan fingerprint density at radius 2 is 2.14 bits per heavy atom. The van der Waals surface area contributed by atoms with Crippen molar-refractivity contribution in [3.8, 4) is 11.4 Å². The molecule has 0 saturated carbocycles. The smallest absolute Gasteiger partial charge is 0.252 e. The zero-order valence-corrected chi connectivity index (χ0v) is 15.9. The number of nitrogens with one attached hydrogen (secondary N) is 1. The molecule has 1 aliphatic heterocycles. The lowest BCUT2D eigenvalue weighted by Crippen LogP contribution is -2.32. The molecular formula is C18H20FN7O2. The summed E-state index contributed by atoms with van der Waals surface area (Å²) in [4.78, 5) is 19.3. The number of hydrogen-bond donors (Lipinski definition) is 1. The summed E-state index contributed by atoms with van der Waals surface area (Å²) >= 11 is 0. The highest BCUT2D eigenvalue weighted by Crippen LogP contribution is 2.31. The van der Waals surface area contributed by atoms with Crippen molar-refractivity contribution >= 4 is 11.8 Å². The Labute approximate surface area is 161 Å². The first-order chi connectivity index (χ1) is 13.6. The van der Waals surface area contributed by atoms with E-state index in [0.29, 0.717) is 30.8 Å². The van der Waals surface area contributed by atoms with Crippen LogP contribution in [0.15, 0.2) is 16.9 Å². The molecule has 1 aliphatic rings. The molecule has 0 saturated heterocycles. The lowest BCUT2D eigenvalue weighted by Gasteiger charge is -2.30. The van der Waals surface area contributed by atoms with Crippen LogP contribution in [-0.2, 0) is 24.3 Å². The zero-order valence-electron chi connectivity index (χ0n) is 15.9. The lowest BCUT2D eigenvalue weighted by molar-refractivity contribution is 0.151. The predicted molar refractivity (Wildman–Crippen MR) is 99.3 cm³/mol. The molecule has 4 heterocycles. The highest BCUT2D eigenvalue weighted by molar-refractivity contribution is 5.65. The summed E-state index contributed by atoms with van der Waals surface area (Å²) in [6, 6.07) is 0. The minimum absolute atomic E-state index is 0.177. The molecule has 28 heavy (non-hydrogen) atoms. The zero-order chi connectivity index (χ0) is 19.7. The largest absolute Gasteiger partial charge is 0.375 e. The van der Waals surface area contributed by atoms with Gasteiger partial charge in [0.1, 0.15) is 6.61 Å². The molecule has 9 nitrogen and oxygen atoms in total. The molecule has 0 aromatic carbocycles. The van der Waals surface area contributed by atoms with Crippen molar-refractivity contribution in [3.05, 3.63) is 40.9 Å².